The fraction of sp³-hybridized carbons (Fsp3) is 0.444. The summed E-state index contributed by atoms with van der Waals surface area (Å²) in [5.41, 5.74) is 1.03. The van der Waals surface area contributed by atoms with E-state index in [-0.39, 0.29) is 18.3 Å². The van der Waals surface area contributed by atoms with Gasteiger partial charge in [0.05, 0.1) is 12.9 Å². The highest BCUT2D eigenvalue weighted by Gasteiger charge is 2.28. The van der Waals surface area contributed by atoms with Crippen LogP contribution in [0, 0.1) is 0 Å². The first-order valence-electron chi connectivity index (χ1n) is 5.00. The van der Waals surface area contributed by atoms with Gasteiger partial charge in [0.1, 0.15) is 23.5 Å². The fourth-order valence-corrected chi connectivity index (χ4v) is 2.83. The zero-order chi connectivity index (χ0) is 11.8. The van der Waals surface area contributed by atoms with E-state index in [0.29, 0.717) is 16.3 Å². The van der Waals surface area contributed by atoms with Crippen LogP contribution in [-0.2, 0) is 4.74 Å². The van der Waals surface area contributed by atoms with E-state index in [1.54, 1.807) is 18.1 Å². The molecular formula is C9H9ClN4O2S. The van der Waals surface area contributed by atoms with Gasteiger partial charge >= 0.3 is 0 Å². The third kappa shape index (κ3) is 1.89. The molecule has 2 aromatic rings. The molecule has 1 fully saturated rings. The van der Waals surface area contributed by atoms with Crippen LogP contribution in [0.25, 0.3) is 11.2 Å². The van der Waals surface area contributed by atoms with Crippen LogP contribution in [0.15, 0.2) is 12.7 Å². The van der Waals surface area contributed by atoms with Gasteiger partial charge in [-0.05, 0) is 0 Å². The molecule has 0 aromatic carbocycles. The van der Waals surface area contributed by atoms with Gasteiger partial charge in [0.15, 0.2) is 10.8 Å². The van der Waals surface area contributed by atoms with Gasteiger partial charge in [0.2, 0.25) is 0 Å². The molecule has 1 aliphatic rings. The molecule has 6 nitrogen and oxygen atoms in total. The van der Waals surface area contributed by atoms with E-state index in [9.17, 15) is 0 Å². The summed E-state index contributed by atoms with van der Waals surface area (Å²) < 4.78 is 7.45. The summed E-state index contributed by atoms with van der Waals surface area (Å²) in [6.07, 6.45) is 2.86. The second kappa shape index (κ2) is 4.41. The molecule has 1 aliphatic heterocycles. The van der Waals surface area contributed by atoms with Crippen molar-refractivity contribution in [3.8, 4) is 0 Å². The first kappa shape index (κ1) is 11.2. The lowest BCUT2D eigenvalue weighted by molar-refractivity contribution is -0.00191. The zero-order valence-corrected chi connectivity index (χ0v) is 10.2. The third-order valence-electron chi connectivity index (χ3n) is 2.51. The van der Waals surface area contributed by atoms with Crippen molar-refractivity contribution in [1.82, 2.24) is 19.5 Å². The molecule has 1 saturated heterocycles. The van der Waals surface area contributed by atoms with Crippen molar-refractivity contribution in [1.29, 1.82) is 0 Å². The highest BCUT2D eigenvalue weighted by Crippen LogP contribution is 2.33. The number of imidazole rings is 1. The van der Waals surface area contributed by atoms with Crippen molar-refractivity contribution < 1.29 is 9.84 Å². The van der Waals surface area contributed by atoms with Gasteiger partial charge in [0.25, 0.3) is 0 Å². The number of aliphatic hydroxyl groups is 1. The minimum Gasteiger partial charge on any atom is -0.393 e. The number of aromatic nitrogens is 4. The Morgan fingerprint density at radius 2 is 2.41 bits per heavy atom. The lowest BCUT2D eigenvalue weighted by atomic mass is 10.5. The predicted octanol–water partition coefficient (Wildman–Crippen LogP) is 1.06. The highest BCUT2D eigenvalue weighted by molar-refractivity contribution is 8.00. The first-order chi connectivity index (χ1) is 8.29. The van der Waals surface area contributed by atoms with Gasteiger partial charge in [-0.3, -0.25) is 4.57 Å². The van der Waals surface area contributed by atoms with E-state index in [4.69, 9.17) is 21.4 Å². The molecule has 2 atom stereocenters. The molecule has 8 heteroatoms. The van der Waals surface area contributed by atoms with Gasteiger partial charge in [-0.25, -0.2) is 15.0 Å². The van der Waals surface area contributed by atoms with E-state index in [2.05, 4.69) is 15.0 Å². The maximum atomic E-state index is 9.02. The first-order valence-corrected chi connectivity index (χ1v) is 6.43. The maximum Gasteiger partial charge on any atom is 0.166 e. The van der Waals surface area contributed by atoms with Crippen molar-refractivity contribution in [3.05, 3.63) is 17.8 Å². The summed E-state index contributed by atoms with van der Waals surface area (Å²) in [7, 11) is 0. The zero-order valence-electron chi connectivity index (χ0n) is 8.65. The Balaban J connectivity index is 1.99. The minimum absolute atomic E-state index is 0.00351. The van der Waals surface area contributed by atoms with E-state index in [1.165, 1.54) is 6.33 Å². The van der Waals surface area contributed by atoms with Gasteiger partial charge in [0, 0.05) is 5.75 Å². The molecule has 90 valence electrons. The van der Waals surface area contributed by atoms with Gasteiger partial charge in [-0.2, -0.15) is 0 Å². The molecule has 0 amide bonds. The average molecular weight is 273 g/mol. The SMILES string of the molecule is OC[C@@H]1O[C@H](n2cnc3c(Cl)ncnc32)CS1. The van der Waals surface area contributed by atoms with Crippen LogP contribution in [0.3, 0.4) is 0 Å². The molecule has 0 unspecified atom stereocenters. The average Bonchev–Trinajstić information content (AvgIpc) is 2.94. The maximum absolute atomic E-state index is 9.02. The van der Waals surface area contributed by atoms with Crippen molar-refractivity contribution in [2.24, 2.45) is 0 Å². The van der Waals surface area contributed by atoms with Crippen molar-refractivity contribution >= 4 is 34.5 Å². The van der Waals surface area contributed by atoms with Gasteiger partial charge in [-0.15, -0.1) is 11.8 Å². The number of aliphatic hydroxyl groups excluding tert-OH is 1. The summed E-state index contributed by atoms with van der Waals surface area (Å²) >= 11 is 7.48. The van der Waals surface area contributed by atoms with Gasteiger partial charge in [-0.1, -0.05) is 11.6 Å². The molecule has 0 aliphatic carbocycles. The minimum atomic E-state index is -0.185. The van der Waals surface area contributed by atoms with E-state index in [0.717, 1.165) is 5.75 Å². The molecule has 0 saturated carbocycles. The number of halogens is 1. The molecule has 3 heterocycles. The Morgan fingerprint density at radius 3 is 3.18 bits per heavy atom. The monoisotopic (exact) mass is 272 g/mol. The number of fused-ring (bicyclic) bond motifs is 1. The lowest BCUT2D eigenvalue weighted by Gasteiger charge is -2.12. The van der Waals surface area contributed by atoms with Crippen LogP contribution in [0.4, 0.5) is 0 Å². The Morgan fingerprint density at radius 1 is 1.53 bits per heavy atom. The lowest BCUT2D eigenvalue weighted by Crippen LogP contribution is -2.14. The topological polar surface area (TPSA) is 73.1 Å². The molecular weight excluding hydrogens is 264 g/mol. The summed E-state index contributed by atoms with van der Waals surface area (Å²) in [6, 6.07) is 0. The molecule has 1 N–H and O–H groups in total. The number of rotatable bonds is 2. The second-order valence-corrected chi connectivity index (χ2v) is 5.08. The molecule has 0 bridgehead atoms. The number of ether oxygens (including phenoxy) is 1. The predicted molar refractivity (Wildman–Crippen MR) is 63.8 cm³/mol. The molecule has 0 spiro atoms. The third-order valence-corrected chi connectivity index (χ3v) is 3.89. The summed E-state index contributed by atoms with van der Waals surface area (Å²) in [4.78, 5) is 12.2. The molecule has 17 heavy (non-hydrogen) atoms. The van der Waals surface area contributed by atoms with Gasteiger partial charge < -0.3 is 9.84 Å². The number of hydrogen-bond acceptors (Lipinski definition) is 6. The fourth-order valence-electron chi connectivity index (χ4n) is 1.72. The van der Waals surface area contributed by atoms with E-state index < -0.39 is 0 Å². The number of thioether (sulfide) groups is 1. The van der Waals surface area contributed by atoms with Crippen LogP contribution < -0.4 is 0 Å². The van der Waals surface area contributed by atoms with Crippen molar-refractivity contribution in [2.75, 3.05) is 12.4 Å². The van der Waals surface area contributed by atoms with Crippen LogP contribution in [-0.4, -0.2) is 42.4 Å². The molecule has 0 radical (unpaired) electrons. The normalized spacial score (nSPS) is 24.6. The number of hydrogen-bond donors (Lipinski definition) is 1. The summed E-state index contributed by atoms with van der Waals surface area (Å²) in [6.45, 7) is 0.00351. The summed E-state index contributed by atoms with van der Waals surface area (Å²) in [5, 5.41) is 9.35. The Labute approximate surface area is 106 Å². The summed E-state index contributed by atoms with van der Waals surface area (Å²) in [5.74, 6) is 0.748. The van der Waals surface area contributed by atoms with Crippen LogP contribution >= 0.6 is 23.4 Å². The number of nitrogens with zero attached hydrogens (tertiary/aromatic N) is 4. The molecule has 3 rings (SSSR count). The molecule has 2 aromatic heterocycles. The largest absolute Gasteiger partial charge is 0.393 e. The Kier molecular flexibility index (Phi) is 2.91. The standard InChI is InChI=1S/C9H9ClN4O2S/c10-8-7-9(12-3-11-8)14(4-13-7)5-2-17-6(1-15)16-5/h3-6,15H,1-2H2/t5-,6+/m0/s1. The Bertz CT molecular complexity index is 549. The van der Waals surface area contributed by atoms with E-state index in [1.807, 2.05) is 4.57 Å². The second-order valence-electron chi connectivity index (χ2n) is 3.52. The quantitative estimate of drug-likeness (QED) is 0.824. The van der Waals surface area contributed by atoms with Crippen LogP contribution in [0.5, 0.6) is 0 Å². The Hall–Kier alpha value is -0.890. The van der Waals surface area contributed by atoms with Crippen LogP contribution in [0.2, 0.25) is 5.15 Å². The highest BCUT2D eigenvalue weighted by atomic mass is 35.5. The van der Waals surface area contributed by atoms with Crippen molar-refractivity contribution in [2.45, 2.75) is 11.7 Å². The van der Waals surface area contributed by atoms with E-state index >= 15 is 0 Å². The van der Waals surface area contributed by atoms with Crippen LogP contribution in [0.1, 0.15) is 6.23 Å². The smallest absolute Gasteiger partial charge is 0.166 e. The van der Waals surface area contributed by atoms with Crippen molar-refractivity contribution in [3.63, 3.8) is 0 Å².